The predicted octanol–water partition coefficient (Wildman–Crippen LogP) is 2.30. The number of carbonyl (C=O) groups is 2. The largest absolute Gasteiger partial charge is 0.468 e. The van der Waals surface area contributed by atoms with Gasteiger partial charge in [-0.2, -0.15) is 5.26 Å². The summed E-state index contributed by atoms with van der Waals surface area (Å²) >= 11 is 1.33. The summed E-state index contributed by atoms with van der Waals surface area (Å²) in [6.45, 7) is 1.82. The number of benzene rings is 1. The molecule has 0 spiro atoms. The van der Waals surface area contributed by atoms with Gasteiger partial charge in [-0.15, -0.1) is 0 Å². The number of ether oxygens (including phenoxy) is 1. The van der Waals surface area contributed by atoms with Gasteiger partial charge in [0.1, 0.15) is 12.6 Å². The average Bonchev–Trinajstić information content (AvgIpc) is 3.09. The fourth-order valence-corrected chi connectivity index (χ4v) is 3.71. The number of methoxy groups -OCH3 is 1. The summed E-state index contributed by atoms with van der Waals surface area (Å²) in [6, 6.07) is 11.8. The normalized spacial score (nSPS) is 10.7. The van der Waals surface area contributed by atoms with Crippen molar-refractivity contribution in [3.05, 3.63) is 41.5 Å². The quantitative estimate of drug-likeness (QED) is 0.519. The molecule has 0 aliphatic heterocycles. The molecule has 0 radical (unpaired) electrons. The number of esters is 1. The molecule has 2 aromatic heterocycles. The Morgan fingerprint density at radius 2 is 2.15 bits per heavy atom. The van der Waals surface area contributed by atoms with Crippen LogP contribution in [0.5, 0.6) is 0 Å². The van der Waals surface area contributed by atoms with Crippen molar-refractivity contribution in [1.82, 2.24) is 14.7 Å². The van der Waals surface area contributed by atoms with Gasteiger partial charge in [0.25, 0.3) is 0 Å². The van der Waals surface area contributed by atoms with Crippen LogP contribution in [-0.2, 0) is 20.7 Å². The van der Waals surface area contributed by atoms with Crippen LogP contribution in [0.15, 0.2) is 35.4 Å². The molecule has 3 aromatic rings. The first-order chi connectivity index (χ1) is 13.1. The van der Waals surface area contributed by atoms with Gasteiger partial charge < -0.3 is 10.1 Å². The summed E-state index contributed by atoms with van der Waals surface area (Å²) in [5.74, 6) is -0.637. The van der Waals surface area contributed by atoms with E-state index in [4.69, 9.17) is 0 Å². The van der Waals surface area contributed by atoms with Crippen LogP contribution in [0, 0.1) is 11.3 Å². The topological polar surface area (TPSA) is 96.5 Å². The maximum absolute atomic E-state index is 12.0. The lowest BCUT2D eigenvalue weighted by molar-refractivity contribution is -0.140. The molecule has 8 heteroatoms. The zero-order valence-corrected chi connectivity index (χ0v) is 15.8. The van der Waals surface area contributed by atoms with Crippen molar-refractivity contribution in [2.24, 2.45) is 0 Å². The number of fused-ring (bicyclic) bond motifs is 3. The number of carbonyl (C=O) groups excluding carboxylic acids is 2. The van der Waals surface area contributed by atoms with E-state index in [2.05, 4.69) is 21.1 Å². The lowest BCUT2D eigenvalue weighted by Gasteiger charge is -2.11. The number of thioether (sulfide) groups is 1. The minimum absolute atomic E-state index is 0.133. The van der Waals surface area contributed by atoms with E-state index in [9.17, 15) is 14.9 Å². The van der Waals surface area contributed by atoms with Crippen molar-refractivity contribution in [2.45, 2.75) is 18.4 Å². The summed E-state index contributed by atoms with van der Waals surface area (Å²) < 4.78 is 6.42. The van der Waals surface area contributed by atoms with Crippen molar-refractivity contribution < 1.29 is 14.3 Å². The van der Waals surface area contributed by atoms with E-state index in [1.807, 2.05) is 41.7 Å². The number of hydrogen-bond acceptors (Lipinski definition) is 6. The Morgan fingerprint density at radius 3 is 2.85 bits per heavy atom. The zero-order chi connectivity index (χ0) is 19.4. The molecule has 7 nitrogen and oxygen atoms in total. The van der Waals surface area contributed by atoms with E-state index in [1.54, 1.807) is 0 Å². The number of amides is 1. The monoisotopic (exact) mass is 382 g/mol. The molecule has 0 aliphatic rings. The number of nitrogens with one attached hydrogen (secondary N) is 1. The Balaban J connectivity index is 1.98. The van der Waals surface area contributed by atoms with Gasteiger partial charge in [-0.05, 0) is 30.2 Å². The number of aryl methyl sites for hydroxylation is 1. The predicted molar refractivity (Wildman–Crippen MR) is 103 cm³/mol. The van der Waals surface area contributed by atoms with Gasteiger partial charge in [0, 0.05) is 0 Å². The van der Waals surface area contributed by atoms with Gasteiger partial charge in [-0.25, -0.2) is 4.98 Å². The molecule has 0 unspecified atom stereocenters. The van der Waals surface area contributed by atoms with Crippen LogP contribution in [0.4, 0.5) is 0 Å². The molecule has 2 heterocycles. The minimum Gasteiger partial charge on any atom is -0.468 e. The standard InChI is InChI=1S/C19H18N4O3S/c1-3-12-8-17(27-11-16(24)21-10-18(25)26-2)23-15-7-5-4-6-14(15)22-19(23)13(12)9-20/h4-8H,3,10-11H2,1-2H3,(H,21,24). The number of nitrogens with zero attached hydrogens (tertiary/aromatic N) is 3. The SMILES string of the molecule is CCc1cc(SCC(=O)NCC(=O)OC)n2c(nc3ccccc32)c1C#N. The van der Waals surface area contributed by atoms with Crippen molar-refractivity contribution >= 4 is 40.3 Å². The second-order valence-corrected chi connectivity index (χ2v) is 6.74. The second-order valence-electron chi connectivity index (χ2n) is 5.75. The number of pyridine rings is 1. The van der Waals surface area contributed by atoms with Gasteiger partial charge in [-0.1, -0.05) is 30.8 Å². The third-order valence-electron chi connectivity index (χ3n) is 4.13. The van der Waals surface area contributed by atoms with Crippen molar-refractivity contribution in [3.8, 4) is 6.07 Å². The third-order valence-corrected chi connectivity index (χ3v) is 5.13. The Hall–Kier alpha value is -3.05. The summed E-state index contributed by atoms with van der Waals surface area (Å²) in [7, 11) is 1.27. The molecular weight excluding hydrogens is 364 g/mol. The van der Waals surface area contributed by atoms with Gasteiger partial charge >= 0.3 is 5.97 Å². The Bertz CT molecular complexity index is 1070. The van der Waals surface area contributed by atoms with Crippen LogP contribution in [-0.4, -0.2) is 40.7 Å². The van der Waals surface area contributed by atoms with Gasteiger partial charge in [0.15, 0.2) is 5.65 Å². The van der Waals surface area contributed by atoms with Crippen molar-refractivity contribution in [2.75, 3.05) is 19.4 Å². The molecule has 0 saturated heterocycles. The first kappa shape index (κ1) is 18.7. The highest BCUT2D eigenvalue weighted by atomic mass is 32.2. The Kier molecular flexibility index (Phi) is 5.62. The minimum atomic E-state index is -0.497. The molecule has 0 bridgehead atoms. The van der Waals surface area contributed by atoms with E-state index in [1.165, 1.54) is 18.9 Å². The summed E-state index contributed by atoms with van der Waals surface area (Å²) in [5, 5.41) is 13.0. The van der Waals surface area contributed by atoms with Crippen LogP contribution in [0.25, 0.3) is 16.7 Å². The van der Waals surface area contributed by atoms with Crippen LogP contribution in [0.2, 0.25) is 0 Å². The van der Waals surface area contributed by atoms with E-state index >= 15 is 0 Å². The number of nitriles is 1. The molecule has 1 aromatic carbocycles. The fraction of sp³-hybridized carbons (Fsp3) is 0.263. The molecule has 0 fully saturated rings. The van der Waals surface area contributed by atoms with Crippen LogP contribution in [0.3, 0.4) is 0 Å². The number of imidazole rings is 1. The Labute approximate surface area is 160 Å². The molecular formula is C19H18N4O3S. The zero-order valence-electron chi connectivity index (χ0n) is 15.0. The lowest BCUT2D eigenvalue weighted by atomic mass is 10.1. The first-order valence-corrected chi connectivity index (χ1v) is 9.37. The molecule has 1 amide bonds. The molecule has 0 atom stereocenters. The number of para-hydroxylation sites is 2. The number of rotatable bonds is 6. The van der Waals surface area contributed by atoms with Crippen molar-refractivity contribution in [3.63, 3.8) is 0 Å². The summed E-state index contributed by atoms with van der Waals surface area (Å²) in [4.78, 5) is 27.8. The first-order valence-electron chi connectivity index (χ1n) is 8.38. The maximum Gasteiger partial charge on any atom is 0.325 e. The molecule has 3 rings (SSSR count). The van der Waals surface area contributed by atoms with Gasteiger partial charge in [0.2, 0.25) is 5.91 Å². The maximum atomic E-state index is 12.0. The van der Waals surface area contributed by atoms with E-state index in [0.29, 0.717) is 17.6 Å². The smallest absolute Gasteiger partial charge is 0.325 e. The highest BCUT2D eigenvalue weighted by Crippen LogP contribution is 2.29. The van der Waals surface area contributed by atoms with Crippen LogP contribution >= 0.6 is 11.8 Å². The molecule has 138 valence electrons. The van der Waals surface area contributed by atoms with Crippen LogP contribution in [0.1, 0.15) is 18.1 Å². The van der Waals surface area contributed by atoms with E-state index in [0.717, 1.165) is 21.6 Å². The Morgan fingerprint density at radius 1 is 1.37 bits per heavy atom. The summed E-state index contributed by atoms with van der Waals surface area (Å²) in [5.41, 5.74) is 3.70. The molecule has 0 aliphatic carbocycles. The van der Waals surface area contributed by atoms with Crippen LogP contribution < -0.4 is 5.32 Å². The highest BCUT2D eigenvalue weighted by Gasteiger charge is 2.17. The average molecular weight is 382 g/mol. The van der Waals surface area contributed by atoms with E-state index in [-0.39, 0.29) is 18.2 Å². The molecule has 1 N–H and O–H groups in total. The lowest BCUT2D eigenvalue weighted by Crippen LogP contribution is -2.31. The van der Waals surface area contributed by atoms with E-state index < -0.39 is 5.97 Å². The van der Waals surface area contributed by atoms with Crippen molar-refractivity contribution in [1.29, 1.82) is 5.26 Å². The third kappa shape index (κ3) is 3.73. The number of aromatic nitrogens is 2. The second kappa shape index (κ2) is 8.10. The molecule has 27 heavy (non-hydrogen) atoms. The number of hydrogen-bond donors (Lipinski definition) is 1. The molecule has 0 saturated carbocycles. The highest BCUT2D eigenvalue weighted by molar-refractivity contribution is 7.99. The summed E-state index contributed by atoms with van der Waals surface area (Å²) in [6.07, 6.45) is 0.685. The van der Waals surface area contributed by atoms with Gasteiger partial charge in [0.05, 0.1) is 34.5 Å². The van der Waals surface area contributed by atoms with Gasteiger partial charge in [-0.3, -0.25) is 14.0 Å². The fourth-order valence-electron chi connectivity index (χ4n) is 2.79.